The Morgan fingerprint density at radius 2 is 1.52 bits per heavy atom. The molecule has 0 spiro atoms. The fourth-order valence-corrected chi connectivity index (χ4v) is 5.11. The molecule has 0 unspecified atom stereocenters. The second kappa shape index (κ2) is 15.2. The number of nitrogens with zero attached hydrogens (tertiary/aromatic N) is 1. The molecule has 0 bridgehead atoms. The highest BCUT2D eigenvalue weighted by Crippen LogP contribution is 2.60. The van der Waals surface area contributed by atoms with Crippen molar-refractivity contribution >= 4 is 38.5 Å². The summed E-state index contributed by atoms with van der Waals surface area (Å²) >= 11 is 6.10. The Morgan fingerprint density at radius 1 is 0.881 bits per heavy atom. The molecule has 0 saturated heterocycles. The van der Waals surface area contributed by atoms with E-state index in [1.807, 2.05) is 67.0 Å². The van der Waals surface area contributed by atoms with E-state index in [1.165, 1.54) is 12.1 Å². The van der Waals surface area contributed by atoms with Gasteiger partial charge >= 0.3 is 13.3 Å². The molecule has 0 amide bonds. The number of benzene rings is 4. The number of hydrogen-bond acceptors (Lipinski definition) is 6. The third-order valence-corrected chi connectivity index (χ3v) is 7.34. The summed E-state index contributed by atoms with van der Waals surface area (Å²) in [6.45, 7) is 4.60. The first kappa shape index (κ1) is 34.1. The third kappa shape index (κ3) is 8.02. The van der Waals surface area contributed by atoms with Crippen LogP contribution in [0.2, 0.25) is 5.02 Å². The molecule has 0 aliphatic heterocycles. The molecule has 0 atom stereocenters. The number of halogens is 3. The van der Waals surface area contributed by atoms with Crippen LogP contribution in [-0.2, 0) is 32.9 Å². The van der Waals surface area contributed by atoms with Gasteiger partial charge in [0.15, 0.2) is 0 Å². The second-order valence-corrected chi connectivity index (χ2v) is 10.7. The maximum Gasteiger partial charge on any atom is 0.399 e. The minimum atomic E-state index is -5.77. The first-order chi connectivity index (χ1) is 20.0. The molecular formula is C30H29ClF2NO7P. The molecular weight excluding hydrogens is 591 g/mol. The van der Waals surface area contributed by atoms with E-state index in [0.717, 1.165) is 28.4 Å². The van der Waals surface area contributed by atoms with E-state index in [4.69, 9.17) is 35.7 Å². The van der Waals surface area contributed by atoms with E-state index in [9.17, 15) is 18.5 Å². The van der Waals surface area contributed by atoms with Crippen molar-refractivity contribution in [1.29, 1.82) is 0 Å². The molecule has 0 aliphatic rings. The van der Waals surface area contributed by atoms with Gasteiger partial charge < -0.3 is 34.1 Å². The Balaban J connectivity index is 0.00000148. The van der Waals surface area contributed by atoms with Gasteiger partial charge in [-0.2, -0.15) is 8.78 Å². The van der Waals surface area contributed by atoms with Crippen molar-refractivity contribution in [2.24, 2.45) is 0 Å². The predicted octanol–water partition coefficient (Wildman–Crippen LogP) is 6.79. The average Bonchev–Trinajstić information content (AvgIpc) is 2.98. The molecule has 222 valence electrons. The van der Waals surface area contributed by atoms with Gasteiger partial charge in [-0.15, -0.1) is 0 Å². The highest BCUT2D eigenvalue weighted by Gasteiger charge is 2.51. The van der Waals surface area contributed by atoms with Crippen molar-refractivity contribution in [3.05, 3.63) is 113 Å². The van der Waals surface area contributed by atoms with Crippen LogP contribution in [0.5, 0.6) is 11.5 Å². The van der Waals surface area contributed by atoms with Crippen LogP contribution in [0.4, 0.5) is 14.5 Å². The van der Waals surface area contributed by atoms with Crippen LogP contribution in [0.25, 0.3) is 11.1 Å². The van der Waals surface area contributed by atoms with E-state index in [0.29, 0.717) is 17.9 Å². The summed E-state index contributed by atoms with van der Waals surface area (Å²) in [5.74, 6) is 0.735. The Morgan fingerprint density at radius 3 is 2.14 bits per heavy atom. The Hall–Kier alpha value is -4.08. The number of carbonyl (C=O) groups is 2. The molecule has 42 heavy (non-hydrogen) atoms. The lowest BCUT2D eigenvalue weighted by atomic mass is 9.98. The molecule has 8 nitrogen and oxygen atoms in total. The van der Waals surface area contributed by atoms with Crippen LogP contribution in [0, 0.1) is 0 Å². The number of phenols is 1. The second-order valence-electron chi connectivity index (χ2n) is 8.63. The molecule has 4 rings (SSSR count). The lowest BCUT2D eigenvalue weighted by Gasteiger charge is -2.28. The maximum atomic E-state index is 14.3. The van der Waals surface area contributed by atoms with Gasteiger partial charge in [0.05, 0.1) is 23.4 Å². The fraction of sp³-hybridized carbons (Fsp3) is 0.133. The zero-order valence-electron chi connectivity index (χ0n) is 22.5. The molecule has 4 aromatic carbocycles. The summed E-state index contributed by atoms with van der Waals surface area (Å²) in [7, 11) is -4.22. The smallest absolute Gasteiger partial charge is 0.399 e. The van der Waals surface area contributed by atoms with Gasteiger partial charge in [0.2, 0.25) is 0 Å². The molecule has 3 N–H and O–H groups in total. The minimum absolute atomic E-state index is 0.140. The number of carbonyl (C=O) groups excluding carboxylic acids is 2. The van der Waals surface area contributed by atoms with Crippen LogP contribution in [-0.4, -0.2) is 35.6 Å². The monoisotopic (exact) mass is 619 g/mol. The lowest BCUT2D eigenvalue weighted by molar-refractivity contribution is -0.0987. The molecule has 0 saturated carbocycles. The van der Waals surface area contributed by atoms with Crippen molar-refractivity contribution in [1.82, 2.24) is 0 Å². The van der Waals surface area contributed by atoms with Gasteiger partial charge in [-0.1, -0.05) is 72.3 Å². The van der Waals surface area contributed by atoms with Gasteiger partial charge in [-0.05, 0) is 52.6 Å². The van der Waals surface area contributed by atoms with Crippen molar-refractivity contribution in [3.8, 4) is 22.6 Å². The topological polar surface area (TPSA) is 124 Å². The normalized spacial score (nSPS) is 10.9. The summed E-state index contributed by atoms with van der Waals surface area (Å²) < 4.78 is 45.5. The number of phenolic OH excluding ortho intramolecular Hbond substituents is 1. The summed E-state index contributed by atoms with van der Waals surface area (Å²) in [5.41, 5.74) is -1.41. The fourth-order valence-electron chi connectivity index (χ4n) is 4.21. The van der Waals surface area contributed by atoms with Crippen molar-refractivity contribution in [2.45, 2.75) is 18.8 Å². The number of alkyl halides is 2. The van der Waals surface area contributed by atoms with Crippen molar-refractivity contribution in [3.63, 3.8) is 0 Å². The third-order valence-electron chi connectivity index (χ3n) is 6.06. The summed E-state index contributed by atoms with van der Waals surface area (Å²) in [4.78, 5) is 36.2. The SMILES string of the molecule is C=O.C=O.COc1ccccc1N(Cc1ccc(C(F)(F)P(=O)(O)O)c(Cl)c1)Cc1ccccc1-c1cccc(O)c1. The van der Waals surface area contributed by atoms with Gasteiger partial charge in [0, 0.05) is 13.1 Å². The number of aromatic hydroxyl groups is 1. The van der Waals surface area contributed by atoms with Crippen LogP contribution in [0.1, 0.15) is 16.7 Å². The number of anilines is 1. The van der Waals surface area contributed by atoms with E-state index in [-0.39, 0.29) is 12.3 Å². The molecule has 0 radical (unpaired) electrons. The predicted molar refractivity (Wildman–Crippen MR) is 158 cm³/mol. The molecule has 4 aromatic rings. The highest BCUT2D eigenvalue weighted by atomic mass is 35.5. The quantitative estimate of drug-likeness (QED) is 0.175. The largest absolute Gasteiger partial charge is 0.508 e. The van der Waals surface area contributed by atoms with E-state index >= 15 is 0 Å². The molecule has 0 fully saturated rings. The number of ether oxygens (including phenoxy) is 1. The molecule has 0 heterocycles. The number of methoxy groups -OCH3 is 1. The first-order valence-corrected chi connectivity index (χ1v) is 14.1. The van der Waals surface area contributed by atoms with Crippen molar-refractivity contribution < 1.29 is 42.6 Å². The van der Waals surface area contributed by atoms with Gasteiger partial charge in [0.25, 0.3) is 0 Å². The average molecular weight is 620 g/mol. The lowest BCUT2D eigenvalue weighted by Crippen LogP contribution is -2.23. The van der Waals surface area contributed by atoms with Gasteiger partial charge in [-0.25, -0.2) is 0 Å². The molecule has 12 heteroatoms. The zero-order valence-corrected chi connectivity index (χ0v) is 24.1. The van der Waals surface area contributed by atoms with Crippen LogP contribution in [0.3, 0.4) is 0 Å². The summed E-state index contributed by atoms with van der Waals surface area (Å²) in [5, 5.41) is 9.55. The summed E-state index contributed by atoms with van der Waals surface area (Å²) in [6, 6.07) is 25.6. The molecule has 0 aliphatic carbocycles. The molecule has 0 aromatic heterocycles. The van der Waals surface area contributed by atoms with Gasteiger partial charge in [-0.3, -0.25) is 4.57 Å². The van der Waals surface area contributed by atoms with E-state index < -0.39 is 23.8 Å². The van der Waals surface area contributed by atoms with Crippen LogP contribution >= 0.6 is 19.2 Å². The number of hydrogen-bond donors (Lipinski definition) is 3. The van der Waals surface area contributed by atoms with Crippen molar-refractivity contribution in [2.75, 3.05) is 12.0 Å². The first-order valence-electron chi connectivity index (χ1n) is 12.1. The zero-order chi connectivity index (χ0) is 31.5. The van der Waals surface area contributed by atoms with Gasteiger partial charge in [0.1, 0.15) is 25.1 Å². The Bertz CT molecular complexity index is 1530. The number of para-hydroxylation sites is 2. The van der Waals surface area contributed by atoms with E-state index in [1.54, 1.807) is 31.4 Å². The minimum Gasteiger partial charge on any atom is -0.508 e. The maximum absolute atomic E-state index is 14.3. The summed E-state index contributed by atoms with van der Waals surface area (Å²) in [6.07, 6.45) is 0. The standard InChI is InChI=1S/C28H25ClF2NO5P.2CH2O/c1-37-27-12-5-4-11-26(27)32(17-19-13-14-24(25(29)15-19)28(30,31)38(34,35)36)18-21-7-2-3-10-23(21)20-8-6-9-22(33)16-20;2*1-2/h2-16,33H,17-18H2,1H3,(H2,34,35,36);2*1H2. The Kier molecular flexibility index (Phi) is 12.4. The number of rotatable bonds is 9. The van der Waals surface area contributed by atoms with E-state index in [2.05, 4.69) is 0 Å². The Labute approximate surface area is 246 Å². The van der Waals surface area contributed by atoms with Crippen LogP contribution in [0.15, 0.2) is 91.0 Å². The highest BCUT2D eigenvalue weighted by molar-refractivity contribution is 7.52. The van der Waals surface area contributed by atoms with Crippen LogP contribution < -0.4 is 9.64 Å².